The lowest BCUT2D eigenvalue weighted by atomic mass is 9.43. The van der Waals surface area contributed by atoms with E-state index in [0.29, 0.717) is 63.6 Å². The van der Waals surface area contributed by atoms with E-state index in [-0.39, 0.29) is 30.3 Å². The van der Waals surface area contributed by atoms with Gasteiger partial charge in [-0.2, -0.15) is 0 Å². The first-order valence-electron chi connectivity index (χ1n) is 23.6. The normalized spacial score (nSPS) is 24.2. The second-order valence-electron chi connectivity index (χ2n) is 18.8. The Morgan fingerprint density at radius 2 is 1.30 bits per heavy atom. The van der Waals surface area contributed by atoms with Crippen molar-refractivity contribution < 1.29 is 38.4 Å². The Morgan fingerprint density at radius 1 is 0.705 bits per heavy atom. The van der Waals surface area contributed by atoms with Crippen LogP contribution in [0.5, 0.6) is 0 Å². The zero-order valence-electron chi connectivity index (χ0n) is 38.6. The van der Waals surface area contributed by atoms with Crippen LogP contribution in [-0.4, -0.2) is 116 Å². The maximum absolute atomic E-state index is 13.7. The molecule has 1 aliphatic heterocycles. The lowest BCUT2D eigenvalue weighted by molar-refractivity contribution is -0.199. The molecule has 350 valence electrons. The van der Waals surface area contributed by atoms with Gasteiger partial charge in [-0.05, 0) is 122 Å². The lowest BCUT2D eigenvalue weighted by Crippen LogP contribution is -2.65. The molecule has 11 N–H and O–H groups in total. The highest BCUT2D eigenvalue weighted by molar-refractivity contribution is 6.47. The summed E-state index contributed by atoms with van der Waals surface area (Å²) in [5.41, 5.74) is 11.2. The molecule has 0 aromatic rings. The summed E-state index contributed by atoms with van der Waals surface area (Å²) in [4.78, 5) is 67.1. The summed E-state index contributed by atoms with van der Waals surface area (Å²) in [5, 5.41) is 27.6. The van der Waals surface area contributed by atoms with Gasteiger partial charge in [0.05, 0.1) is 23.8 Å². The van der Waals surface area contributed by atoms with E-state index in [9.17, 15) is 29.1 Å². The van der Waals surface area contributed by atoms with Gasteiger partial charge in [-0.3, -0.25) is 24.0 Å². The van der Waals surface area contributed by atoms with Crippen molar-refractivity contribution in [2.45, 2.75) is 206 Å². The third kappa shape index (κ3) is 15.7. The molecule has 10 atom stereocenters. The van der Waals surface area contributed by atoms with Gasteiger partial charge in [-0.25, -0.2) is 0 Å². The topological polar surface area (TPSA) is 248 Å². The lowest BCUT2D eigenvalue weighted by Gasteiger charge is -2.64. The molecular weight excluding hydrogens is 779 g/mol. The van der Waals surface area contributed by atoms with Gasteiger partial charge < -0.3 is 57.8 Å². The van der Waals surface area contributed by atoms with E-state index < -0.39 is 72.6 Å². The fourth-order valence-corrected chi connectivity index (χ4v) is 9.33. The van der Waals surface area contributed by atoms with E-state index in [2.05, 4.69) is 59.6 Å². The summed E-state index contributed by atoms with van der Waals surface area (Å²) >= 11 is 0. The largest absolute Gasteiger partial charge is 0.481 e. The SMILES string of the molecule is CCCCCCCCCCNCCC(=O)NC(CCCCN)C(=O)NC(C(=O)NC(C)C(=O)NC(CCCCN)C(=O)NC(C)B1OC2CC3CC(C3(C)C)C2(C)O1)C(C)O. The van der Waals surface area contributed by atoms with Gasteiger partial charge in [0.15, 0.2) is 0 Å². The van der Waals surface area contributed by atoms with E-state index in [1.807, 2.05) is 6.92 Å². The van der Waals surface area contributed by atoms with Crippen molar-refractivity contribution in [1.82, 2.24) is 31.9 Å². The Balaban J connectivity index is 1.51. The minimum absolute atomic E-state index is 0.0456. The Morgan fingerprint density at radius 3 is 1.89 bits per heavy atom. The Kier molecular flexibility index (Phi) is 22.5. The summed E-state index contributed by atoms with van der Waals surface area (Å²) in [6, 6.07) is -4.45. The van der Waals surface area contributed by atoms with Gasteiger partial charge in [-0.15, -0.1) is 0 Å². The summed E-state index contributed by atoms with van der Waals surface area (Å²) < 4.78 is 12.9. The van der Waals surface area contributed by atoms with Crippen molar-refractivity contribution in [3.05, 3.63) is 0 Å². The predicted octanol–water partition coefficient (Wildman–Crippen LogP) is 2.48. The Labute approximate surface area is 366 Å². The van der Waals surface area contributed by atoms with Crippen LogP contribution in [0, 0.1) is 17.3 Å². The third-order valence-corrected chi connectivity index (χ3v) is 13.5. The van der Waals surface area contributed by atoms with Crippen LogP contribution in [0.4, 0.5) is 0 Å². The zero-order valence-corrected chi connectivity index (χ0v) is 38.6. The van der Waals surface area contributed by atoms with Crippen LogP contribution in [0.1, 0.15) is 158 Å². The number of aliphatic hydroxyl groups is 1. The number of carbonyl (C=O) groups is 5. The first-order chi connectivity index (χ1) is 29.0. The van der Waals surface area contributed by atoms with Gasteiger partial charge >= 0.3 is 7.12 Å². The average Bonchev–Trinajstić information content (AvgIpc) is 3.58. The number of hydrogen-bond acceptors (Lipinski definition) is 11. The molecule has 0 radical (unpaired) electrons. The highest BCUT2D eigenvalue weighted by atomic mass is 16.7. The molecule has 1 saturated heterocycles. The molecule has 61 heavy (non-hydrogen) atoms. The van der Waals surface area contributed by atoms with Crippen molar-refractivity contribution in [2.75, 3.05) is 26.2 Å². The molecule has 0 aromatic heterocycles. The summed E-state index contributed by atoms with van der Waals surface area (Å²) in [6.45, 7) is 15.7. The summed E-state index contributed by atoms with van der Waals surface area (Å²) in [5.74, 6) is -2.32. The fourth-order valence-electron chi connectivity index (χ4n) is 9.33. The van der Waals surface area contributed by atoms with Crippen molar-refractivity contribution in [3.63, 3.8) is 0 Å². The van der Waals surface area contributed by atoms with E-state index in [1.54, 1.807) is 0 Å². The van der Waals surface area contributed by atoms with Gasteiger partial charge in [0.25, 0.3) is 0 Å². The predicted molar refractivity (Wildman–Crippen MR) is 239 cm³/mol. The summed E-state index contributed by atoms with van der Waals surface area (Å²) in [7, 11) is -0.639. The van der Waals surface area contributed by atoms with E-state index in [0.717, 1.165) is 32.2 Å². The number of aliphatic hydroxyl groups excluding tert-OH is 1. The second kappa shape index (κ2) is 26.1. The molecule has 5 amide bonds. The van der Waals surface area contributed by atoms with Crippen molar-refractivity contribution in [3.8, 4) is 0 Å². The molecule has 0 aromatic carbocycles. The van der Waals surface area contributed by atoms with Crippen molar-refractivity contribution in [1.29, 1.82) is 0 Å². The summed E-state index contributed by atoms with van der Waals surface area (Å²) in [6.07, 6.45) is 13.6. The highest BCUT2D eigenvalue weighted by Crippen LogP contribution is 2.65. The molecule has 4 rings (SSSR count). The molecule has 17 heteroatoms. The van der Waals surface area contributed by atoms with E-state index in [1.165, 1.54) is 52.4 Å². The monoisotopic (exact) mass is 863 g/mol. The zero-order chi connectivity index (χ0) is 45.2. The number of carbonyl (C=O) groups excluding carboxylic acids is 5. The maximum atomic E-state index is 13.7. The average molecular weight is 863 g/mol. The number of amides is 5. The molecular formula is C44H83BN8O8. The van der Waals surface area contributed by atoms with Crippen LogP contribution in [0.2, 0.25) is 0 Å². The van der Waals surface area contributed by atoms with E-state index in [4.69, 9.17) is 20.8 Å². The van der Waals surface area contributed by atoms with Crippen molar-refractivity contribution in [2.24, 2.45) is 28.7 Å². The standard InChI is InChI=1S/C44H83BN8O8/c1-8-9-10-11-12-13-14-19-25-48-26-22-37(55)51-33(20-15-17-23-46)41(58)53-38(30(3)54)42(59)49-29(2)39(56)52-34(21-16-18-24-47)40(57)50-31(4)45-60-36-28-32-27-35(43(32,5)6)44(36,7)61-45/h29-36,38,48,54H,8-28,46-47H2,1-7H3,(H,49,59)(H,50,57)(H,51,55)(H,52,56)(H,53,58). The quantitative estimate of drug-likeness (QED) is 0.0362. The second-order valence-corrected chi connectivity index (χ2v) is 18.8. The Bertz CT molecular complexity index is 1390. The number of nitrogens with two attached hydrogens (primary N) is 2. The van der Waals surface area contributed by atoms with Crippen LogP contribution in [0.15, 0.2) is 0 Å². The molecule has 3 saturated carbocycles. The number of rotatable bonds is 31. The van der Waals surface area contributed by atoms with Gasteiger partial charge in [0.1, 0.15) is 24.2 Å². The fraction of sp³-hybridized carbons (Fsp3) is 0.886. The van der Waals surface area contributed by atoms with E-state index >= 15 is 0 Å². The smallest absolute Gasteiger partial charge is 0.404 e. The molecule has 4 fully saturated rings. The van der Waals surface area contributed by atoms with Crippen LogP contribution in [0.3, 0.4) is 0 Å². The molecule has 2 bridgehead atoms. The van der Waals surface area contributed by atoms with Gasteiger partial charge in [0, 0.05) is 13.0 Å². The van der Waals surface area contributed by atoms with Crippen LogP contribution >= 0.6 is 0 Å². The maximum Gasteiger partial charge on any atom is 0.481 e. The number of hydrogen-bond donors (Lipinski definition) is 9. The third-order valence-electron chi connectivity index (χ3n) is 13.5. The first kappa shape index (κ1) is 52.5. The minimum atomic E-state index is -1.43. The van der Waals surface area contributed by atoms with Crippen molar-refractivity contribution >= 4 is 36.7 Å². The number of nitrogens with one attached hydrogen (secondary N) is 6. The molecule has 10 unspecified atom stereocenters. The van der Waals surface area contributed by atoms with Crippen LogP contribution in [0.25, 0.3) is 0 Å². The minimum Gasteiger partial charge on any atom is -0.404 e. The molecule has 1 heterocycles. The molecule has 16 nitrogen and oxygen atoms in total. The van der Waals surface area contributed by atoms with Crippen LogP contribution in [-0.2, 0) is 33.3 Å². The number of unbranched alkanes of at least 4 members (excludes halogenated alkanes) is 9. The van der Waals surface area contributed by atoms with Gasteiger partial charge in [0.2, 0.25) is 29.5 Å². The Hall–Kier alpha value is -2.83. The molecule has 4 aliphatic rings. The van der Waals surface area contributed by atoms with Crippen LogP contribution < -0.4 is 43.4 Å². The molecule has 0 spiro atoms. The molecule has 3 aliphatic carbocycles. The van der Waals surface area contributed by atoms with Gasteiger partial charge in [-0.1, -0.05) is 65.7 Å². The first-order valence-corrected chi connectivity index (χ1v) is 23.6. The highest BCUT2D eigenvalue weighted by Gasteiger charge is 2.68.